The molecule has 0 aliphatic rings. The highest BCUT2D eigenvalue weighted by atomic mass is 35.5. The number of aryl methyl sites for hydroxylation is 1. The van der Waals surface area contributed by atoms with E-state index >= 15 is 0 Å². The topological polar surface area (TPSA) is 43.8 Å². The first-order valence-electron chi connectivity index (χ1n) is 5.07. The number of nitrogens with two attached hydrogens (primary N) is 1. The van der Waals surface area contributed by atoms with E-state index in [1.54, 1.807) is 6.20 Å². The van der Waals surface area contributed by atoms with E-state index in [4.69, 9.17) is 17.3 Å². The fraction of sp³-hybridized carbons (Fsp3) is 0.700. The van der Waals surface area contributed by atoms with Crippen LogP contribution in [0.1, 0.15) is 31.9 Å². The van der Waals surface area contributed by atoms with Gasteiger partial charge in [-0.1, -0.05) is 24.9 Å². The van der Waals surface area contributed by atoms with E-state index in [1.807, 2.05) is 11.7 Å². The lowest BCUT2D eigenvalue weighted by atomic mass is 10.1. The molecular weight excluding hydrogens is 198 g/mol. The highest BCUT2D eigenvalue weighted by molar-refractivity contribution is 6.31. The molecule has 2 N–H and O–H groups in total. The van der Waals surface area contributed by atoms with Crippen LogP contribution in [0, 0.1) is 0 Å². The molecule has 1 heterocycles. The minimum Gasteiger partial charge on any atom is -0.328 e. The molecule has 0 aliphatic carbocycles. The lowest BCUT2D eigenvalue weighted by Gasteiger charge is -2.10. The monoisotopic (exact) mass is 215 g/mol. The molecule has 0 aromatic carbocycles. The molecule has 1 aromatic rings. The number of nitrogens with zero attached hydrogens (tertiary/aromatic N) is 2. The Balaban J connectivity index is 2.45. The Morgan fingerprint density at radius 3 is 2.79 bits per heavy atom. The fourth-order valence-electron chi connectivity index (χ4n) is 1.55. The van der Waals surface area contributed by atoms with Gasteiger partial charge in [0.2, 0.25) is 0 Å². The first kappa shape index (κ1) is 11.5. The van der Waals surface area contributed by atoms with Crippen molar-refractivity contribution in [3.05, 3.63) is 16.9 Å². The van der Waals surface area contributed by atoms with Gasteiger partial charge in [0.05, 0.1) is 16.9 Å². The zero-order chi connectivity index (χ0) is 10.6. The van der Waals surface area contributed by atoms with Gasteiger partial charge in [0, 0.05) is 13.1 Å². The van der Waals surface area contributed by atoms with Crippen LogP contribution >= 0.6 is 11.6 Å². The van der Waals surface area contributed by atoms with Crippen molar-refractivity contribution in [1.29, 1.82) is 0 Å². The standard InChI is InChI=1S/C10H18ClN3/c1-3-4-8(12)5-6-10-9(11)7-13-14(10)2/h7-8H,3-6,12H2,1-2H3. The molecule has 0 saturated heterocycles. The number of halogens is 1. The summed E-state index contributed by atoms with van der Waals surface area (Å²) in [6, 6.07) is 0.283. The van der Waals surface area contributed by atoms with Crippen LogP contribution in [0.3, 0.4) is 0 Å². The molecule has 0 amide bonds. The fourth-order valence-corrected chi connectivity index (χ4v) is 1.81. The van der Waals surface area contributed by atoms with E-state index in [-0.39, 0.29) is 6.04 Å². The Hall–Kier alpha value is -0.540. The quantitative estimate of drug-likeness (QED) is 0.818. The van der Waals surface area contributed by atoms with Gasteiger partial charge in [0.1, 0.15) is 0 Å². The summed E-state index contributed by atoms with van der Waals surface area (Å²) in [6.45, 7) is 2.15. The van der Waals surface area contributed by atoms with Crippen molar-refractivity contribution in [2.75, 3.05) is 0 Å². The molecular formula is C10H18ClN3. The van der Waals surface area contributed by atoms with E-state index in [1.165, 1.54) is 0 Å². The van der Waals surface area contributed by atoms with Crippen molar-refractivity contribution < 1.29 is 0 Å². The predicted molar refractivity (Wildman–Crippen MR) is 59.4 cm³/mol. The Bertz CT molecular complexity index is 263. The number of hydrogen-bond donors (Lipinski definition) is 1. The second kappa shape index (κ2) is 5.37. The van der Waals surface area contributed by atoms with E-state index in [9.17, 15) is 0 Å². The van der Waals surface area contributed by atoms with Gasteiger partial charge >= 0.3 is 0 Å². The Kier molecular flexibility index (Phi) is 4.42. The molecule has 0 radical (unpaired) electrons. The van der Waals surface area contributed by atoms with Crippen LogP contribution in [0.15, 0.2) is 6.20 Å². The maximum absolute atomic E-state index is 5.98. The summed E-state index contributed by atoms with van der Waals surface area (Å²) in [5, 5.41) is 4.83. The highest BCUT2D eigenvalue weighted by Gasteiger charge is 2.08. The van der Waals surface area contributed by atoms with E-state index in [0.717, 1.165) is 36.4 Å². The van der Waals surface area contributed by atoms with Gasteiger partial charge in [-0.2, -0.15) is 5.10 Å². The van der Waals surface area contributed by atoms with Crippen molar-refractivity contribution in [1.82, 2.24) is 9.78 Å². The molecule has 0 spiro atoms. The average Bonchev–Trinajstić information content (AvgIpc) is 2.44. The van der Waals surface area contributed by atoms with E-state index in [2.05, 4.69) is 12.0 Å². The molecule has 1 unspecified atom stereocenters. The van der Waals surface area contributed by atoms with E-state index < -0.39 is 0 Å². The summed E-state index contributed by atoms with van der Waals surface area (Å²) in [4.78, 5) is 0. The lowest BCUT2D eigenvalue weighted by Crippen LogP contribution is -2.20. The highest BCUT2D eigenvalue weighted by Crippen LogP contribution is 2.16. The van der Waals surface area contributed by atoms with Crippen molar-refractivity contribution >= 4 is 11.6 Å². The summed E-state index contributed by atoms with van der Waals surface area (Å²) < 4.78 is 1.82. The molecule has 1 aromatic heterocycles. The van der Waals surface area contributed by atoms with Crippen molar-refractivity contribution in [3.63, 3.8) is 0 Å². The molecule has 80 valence electrons. The second-order valence-electron chi connectivity index (χ2n) is 3.65. The normalized spacial score (nSPS) is 13.1. The third-order valence-corrected chi connectivity index (χ3v) is 2.74. The van der Waals surface area contributed by atoms with Crippen LogP contribution in [0.2, 0.25) is 5.02 Å². The molecule has 0 saturated carbocycles. The van der Waals surface area contributed by atoms with Gasteiger partial charge in [-0.15, -0.1) is 0 Å². The average molecular weight is 216 g/mol. The lowest BCUT2D eigenvalue weighted by molar-refractivity contribution is 0.547. The van der Waals surface area contributed by atoms with Crippen LogP contribution in [0.25, 0.3) is 0 Å². The summed E-state index contributed by atoms with van der Waals surface area (Å²) in [6.07, 6.45) is 5.79. The van der Waals surface area contributed by atoms with Gasteiger partial charge in [0.15, 0.2) is 0 Å². The van der Waals surface area contributed by atoms with Crippen LogP contribution in [-0.4, -0.2) is 15.8 Å². The summed E-state index contributed by atoms with van der Waals surface area (Å²) in [5.74, 6) is 0. The Morgan fingerprint density at radius 2 is 2.29 bits per heavy atom. The Morgan fingerprint density at radius 1 is 1.57 bits per heavy atom. The minimum absolute atomic E-state index is 0.283. The van der Waals surface area contributed by atoms with Crippen LogP contribution < -0.4 is 5.73 Å². The predicted octanol–water partition coefficient (Wildman–Crippen LogP) is 2.13. The van der Waals surface area contributed by atoms with Crippen molar-refractivity contribution in [3.8, 4) is 0 Å². The first-order valence-corrected chi connectivity index (χ1v) is 5.45. The number of aromatic nitrogens is 2. The molecule has 1 rings (SSSR count). The first-order chi connectivity index (χ1) is 6.65. The maximum Gasteiger partial charge on any atom is 0.0817 e. The molecule has 3 nitrogen and oxygen atoms in total. The Labute approximate surface area is 90.2 Å². The summed E-state index contributed by atoms with van der Waals surface area (Å²) in [5.41, 5.74) is 7.01. The zero-order valence-corrected chi connectivity index (χ0v) is 9.59. The van der Waals surface area contributed by atoms with Crippen LogP contribution in [-0.2, 0) is 13.5 Å². The summed E-state index contributed by atoms with van der Waals surface area (Å²) >= 11 is 5.98. The third kappa shape index (κ3) is 3.00. The van der Waals surface area contributed by atoms with Gasteiger partial charge in [-0.05, 0) is 19.3 Å². The molecule has 1 atom stereocenters. The van der Waals surface area contributed by atoms with Crippen LogP contribution in [0.5, 0.6) is 0 Å². The van der Waals surface area contributed by atoms with E-state index in [0.29, 0.717) is 0 Å². The summed E-state index contributed by atoms with van der Waals surface area (Å²) in [7, 11) is 1.91. The van der Waals surface area contributed by atoms with Gasteiger partial charge < -0.3 is 5.73 Å². The van der Waals surface area contributed by atoms with Crippen molar-refractivity contribution in [2.45, 2.75) is 38.6 Å². The molecule has 4 heteroatoms. The smallest absolute Gasteiger partial charge is 0.0817 e. The van der Waals surface area contributed by atoms with Gasteiger partial charge in [-0.3, -0.25) is 4.68 Å². The van der Waals surface area contributed by atoms with Crippen molar-refractivity contribution in [2.24, 2.45) is 12.8 Å². The van der Waals surface area contributed by atoms with Crippen LogP contribution in [0.4, 0.5) is 0 Å². The number of rotatable bonds is 5. The molecule has 0 aliphatic heterocycles. The maximum atomic E-state index is 5.98. The molecule has 14 heavy (non-hydrogen) atoms. The molecule has 0 fully saturated rings. The van der Waals surface area contributed by atoms with Gasteiger partial charge in [-0.25, -0.2) is 0 Å². The largest absolute Gasteiger partial charge is 0.328 e. The number of hydrogen-bond acceptors (Lipinski definition) is 2. The molecule has 0 bridgehead atoms. The SMILES string of the molecule is CCCC(N)CCc1c(Cl)cnn1C. The second-order valence-corrected chi connectivity index (χ2v) is 4.06. The third-order valence-electron chi connectivity index (χ3n) is 2.42. The zero-order valence-electron chi connectivity index (χ0n) is 8.83. The van der Waals surface area contributed by atoms with Gasteiger partial charge in [0.25, 0.3) is 0 Å². The minimum atomic E-state index is 0.283.